The van der Waals surface area contributed by atoms with E-state index in [1.54, 1.807) is 7.11 Å². The molecular weight excluding hydrogens is 344 g/mol. The zero-order valence-electron chi connectivity index (χ0n) is 15.3. The van der Waals surface area contributed by atoms with E-state index in [2.05, 4.69) is 26.9 Å². The number of methoxy groups -OCH3 is 1. The lowest BCUT2D eigenvalue weighted by Gasteiger charge is -2.11. The number of furan rings is 1. The first-order valence-corrected chi connectivity index (χ1v) is 9.19. The summed E-state index contributed by atoms with van der Waals surface area (Å²) in [5.74, 6) is 2.00. The minimum Gasteiger partial charge on any atom is -0.493 e. The average Bonchev–Trinajstić information content (AvgIpc) is 3.45. The number of rotatable bonds is 4. The van der Waals surface area contributed by atoms with E-state index in [0.29, 0.717) is 34.9 Å². The Bertz CT molecular complexity index is 1100. The van der Waals surface area contributed by atoms with Crippen molar-refractivity contribution in [1.82, 2.24) is 20.0 Å². The normalized spacial score (nSPS) is 15.0. The molecule has 1 aromatic carbocycles. The molecule has 5 rings (SSSR count). The highest BCUT2D eigenvalue weighted by molar-refractivity contribution is 5.86. The third-order valence-electron chi connectivity index (χ3n) is 5.31. The molecular formula is C20H20N4O3. The van der Waals surface area contributed by atoms with Crippen molar-refractivity contribution in [2.24, 2.45) is 0 Å². The fourth-order valence-electron chi connectivity index (χ4n) is 3.88. The highest BCUT2D eigenvalue weighted by Gasteiger charge is 2.23. The fourth-order valence-corrected chi connectivity index (χ4v) is 3.88. The van der Waals surface area contributed by atoms with Gasteiger partial charge in [-0.2, -0.15) is 5.10 Å². The molecule has 3 heterocycles. The van der Waals surface area contributed by atoms with Crippen LogP contribution in [0.1, 0.15) is 37.4 Å². The van der Waals surface area contributed by atoms with Crippen LogP contribution in [0.4, 0.5) is 0 Å². The summed E-state index contributed by atoms with van der Waals surface area (Å²) in [4.78, 5) is 0. The zero-order chi connectivity index (χ0) is 18.4. The summed E-state index contributed by atoms with van der Waals surface area (Å²) in [5.41, 5.74) is 2.60. The average molecular weight is 364 g/mol. The second kappa shape index (κ2) is 6.26. The molecule has 0 radical (unpaired) electrons. The predicted octanol–water partition coefficient (Wildman–Crippen LogP) is 4.78. The molecule has 7 nitrogen and oxygen atoms in total. The number of para-hydroxylation sites is 1. The van der Waals surface area contributed by atoms with Crippen molar-refractivity contribution in [1.29, 1.82) is 0 Å². The molecule has 1 aliphatic carbocycles. The molecule has 138 valence electrons. The lowest BCUT2D eigenvalue weighted by Crippen LogP contribution is -2.08. The summed E-state index contributed by atoms with van der Waals surface area (Å²) >= 11 is 0. The summed E-state index contributed by atoms with van der Waals surface area (Å²) in [6, 6.07) is 8.09. The highest BCUT2D eigenvalue weighted by atomic mass is 16.5. The van der Waals surface area contributed by atoms with Crippen LogP contribution in [0.3, 0.4) is 0 Å². The van der Waals surface area contributed by atoms with Crippen LogP contribution in [0.2, 0.25) is 0 Å². The van der Waals surface area contributed by atoms with E-state index in [4.69, 9.17) is 13.6 Å². The zero-order valence-corrected chi connectivity index (χ0v) is 15.3. The van der Waals surface area contributed by atoms with Gasteiger partial charge in [-0.1, -0.05) is 25.0 Å². The van der Waals surface area contributed by atoms with E-state index in [9.17, 15) is 0 Å². The van der Waals surface area contributed by atoms with Gasteiger partial charge in [0.2, 0.25) is 0 Å². The third kappa shape index (κ3) is 2.61. The van der Waals surface area contributed by atoms with Gasteiger partial charge in [-0.25, -0.2) is 0 Å². The minimum atomic E-state index is 0.344. The van der Waals surface area contributed by atoms with Gasteiger partial charge in [-0.05, 0) is 31.9 Å². The van der Waals surface area contributed by atoms with Crippen molar-refractivity contribution in [3.63, 3.8) is 0 Å². The number of hydrogen-bond acceptors (Lipinski definition) is 6. The van der Waals surface area contributed by atoms with Crippen LogP contribution in [-0.2, 0) is 0 Å². The standard InChI is InChI=1S/C20H20N4O3/c1-12-15(11-21-24(12)14-7-3-4-8-14)19-22-23-20(27-19)17-10-13-6-5-9-16(25-2)18(13)26-17/h5-6,9-11,14H,3-4,7-8H2,1-2H3. The van der Waals surface area contributed by atoms with Gasteiger partial charge >= 0.3 is 0 Å². The van der Waals surface area contributed by atoms with E-state index >= 15 is 0 Å². The van der Waals surface area contributed by atoms with Crippen molar-refractivity contribution < 1.29 is 13.6 Å². The predicted molar refractivity (Wildman–Crippen MR) is 99.5 cm³/mol. The molecule has 0 aliphatic heterocycles. The van der Waals surface area contributed by atoms with Crippen molar-refractivity contribution in [2.45, 2.75) is 38.6 Å². The monoisotopic (exact) mass is 364 g/mol. The Kier molecular flexibility index (Phi) is 3.74. The second-order valence-electron chi connectivity index (χ2n) is 6.93. The van der Waals surface area contributed by atoms with E-state index in [1.165, 1.54) is 25.7 Å². The Morgan fingerprint density at radius 1 is 1.11 bits per heavy atom. The topological polar surface area (TPSA) is 79.1 Å². The maximum Gasteiger partial charge on any atom is 0.283 e. The summed E-state index contributed by atoms with van der Waals surface area (Å²) in [5, 5.41) is 13.9. The van der Waals surface area contributed by atoms with Gasteiger partial charge in [0, 0.05) is 11.1 Å². The molecule has 27 heavy (non-hydrogen) atoms. The number of ether oxygens (including phenoxy) is 1. The largest absolute Gasteiger partial charge is 0.493 e. The molecule has 1 aliphatic rings. The Balaban J connectivity index is 1.50. The lowest BCUT2D eigenvalue weighted by molar-refractivity contribution is 0.410. The Morgan fingerprint density at radius 3 is 2.74 bits per heavy atom. The van der Waals surface area contributed by atoms with Crippen molar-refractivity contribution in [3.8, 4) is 28.9 Å². The Morgan fingerprint density at radius 2 is 1.93 bits per heavy atom. The molecule has 7 heteroatoms. The number of benzene rings is 1. The number of fused-ring (bicyclic) bond motifs is 1. The maximum absolute atomic E-state index is 5.91. The lowest BCUT2D eigenvalue weighted by atomic mass is 10.2. The Labute approximate surface area is 155 Å². The van der Waals surface area contributed by atoms with Gasteiger partial charge in [-0.15, -0.1) is 10.2 Å². The van der Waals surface area contributed by atoms with Gasteiger partial charge < -0.3 is 13.6 Å². The summed E-state index contributed by atoms with van der Waals surface area (Å²) in [7, 11) is 1.62. The molecule has 0 spiro atoms. The van der Waals surface area contributed by atoms with Crippen LogP contribution in [0, 0.1) is 6.92 Å². The molecule has 3 aromatic heterocycles. The van der Waals surface area contributed by atoms with Gasteiger partial charge in [0.25, 0.3) is 11.8 Å². The number of nitrogens with zero attached hydrogens (tertiary/aromatic N) is 4. The molecule has 0 unspecified atom stereocenters. The smallest absolute Gasteiger partial charge is 0.283 e. The van der Waals surface area contributed by atoms with Crippen LogP contribution in [0.5, 0.6) is 5.75 Å². The first-order valence-electron chi connectivity index (χ1n) is 9.19. The first-order chi connectivity index (χ1) is 13.2. The molecule has 0 amide bonds. The fraction of sp³-hybridized carbons (Fsp3) is 0.350. The van der Waals surface area contributed by atoms with E-state index in [0.717, 1.165) is 16.6 Å². The van der Waals surface area contributed by atoms with Crippen LogP contribution in [-0.4, -0.2) is 27.1 Å². The van der Waals surface area contributed by atoms with E-state index in [-0.39, 0.29) is 0 Å². The van der Waals surface area contributed by atoms with Crippen LogP contribution in [0.15, 0.2) is 39.3 Å². The molecule has 0 bridgehead atoms. The first kappa shape index (κ1) is 16.1. The van der Waals surface area contributed by atoms with Crippen LogP contribution in [0.25, 0.3) is 34.1 Å². The van der Waals surface area contributed by atoms with Crippen LogP contribution < -0.4 is 4.74 Å². The third-order valence-corrected chi connectivity index (χ3v) is 5.31. The molecule has 0 saturated heterocycles. The molecule has 0 N–H and O–H groups in total. The summed E-state index contributed by atoms with van der Waals surface area (Å²) in [6.07, 6.45) is 6.70. The Hall–Kier alpha value is -3.09. The van der Waals surface area contributed by atoms with Gasteiger partial charge in [0.1, 0.15) is 0 Å². The van der Waals surface area contributed by atoms with Crippen molar-refractivity contribution >= 4 is 11.0 Å². The van der Waals surface area contributed by atoms with E-state index in [1.807, 2.05) is 30.5 Å². The quantitative estimate of drug-likeness (QED) is 0.518. The van der Waals surface area contributed by atoms with Crippen LogP contribution >= 0.6 is 0 Å². The van der Waals surface area contributed by atoms with Crippen molar-refractivity contribution in [2.75, 3.05) is 7.11 Å². The van der Waals surface area contributed by atoms with E-state index < -0.39 is 0 Å². The summed E-state index contributed by atoms with van der Waals surface area (Å²) < 4.78 is 19.2. The van der Waals surface area contributed by atoms with Gasteiger partial charge in [0.05, 0.1) is 24.9 Å². The molecule has 1 saturated carbocycles. The molecule has 0 atom stereocenters. The SMILES string of the molecule is COc1cccc2cc(-c3nnc(-c4cnn(C5CCCC5)c4C)o3)oc12. The molecule has 4 aromatic rings. The van der Waals surface area contributed by atoms with Crippen molar-refractivity contribution in [3.05, 3.63) is 36.2 Å². The van der Waals surface area contributed by atoms with Gasteiger partial charge in [0.15, 0.2) is 17.1 Å². The minimum absolute atomic E-state index is 0.344. The second-order valence-corrected chi connectivity index (χ2v) is 6.93. The molecule has 1 fully saturated rings. The summed E-state index contributed by atoms with van der Waals surface area (Å²) in [6.45, 7) is 2.05. The van der Waals surface area contributed by atoms with Gasteiger partial charge in [-0.3, -0.25) is 4.68 Å². The number of aromatic nitrogens is 4. The number of hydrogen-bond donors (Lipinski definition) is 0. The highest BCUT2D eigenvalue weighted by Crippen LogP contribution is 2.35. The maximum atomic E-state index is 5.91.